The number of phosphoric acid groups is 3. The molecule has 0 aromatic heterocycles. The summed E-state index contributed by atoms with van der Waals surface area (Å²) in [6.07, 6.45) is -2.12. The van der Waals surface area contributed by atoms with Crippen molar-refractivity contribution in [1.29, 1.82) is 0 Å². The molecule has 5 N–H and O–H groups in total. The largest absolute Gasteiger partial charge is 0.490 e. The summed E-state index contributed by atoms with van der Waals surface area (Å²) in [7, 11) is -10.9. The van der Waals surface area contributed by atoms with E-state index in [4.69, 9.17) is 32.2 Å². The van der Waals surface area contributed by atoms with Gasteiger partial charge in [0.2, 0.25) is 0 Å². The average Bonchev–Trinajstić information content (AvgIpc) is 2.48. The smallest absolute Gasteiger partial charge is 0.390 e. The van der Waals surface area contributed by atoms with E-state index in [0.29, 0.717) is 0 Å². The van der Waals surface area contributed by atoms with Crippen molar-refractivity contribution in [2.45, 2.75) is 24.6 Å². The maximum absolute atomic E-state index is 11.3. The zero-order valence-electron chi connectivity index (χ0n) is 10.2. The van der Waals surface area contributed by atoms with Gasteiger partial charge in [0.25, 0.3) is 0 Å². The first-order valence-electron chi connectivity index (χ1n) is 5.17. The highest BCUT2D eigenvalue weighted by Gasteiger charge is 2.42. The third-order valence-corrected chi connectivity index (χ3v) is 5.87. The average molecular weight is 368 g/mol. The number of hydrogen-bond donors (Lipinski definition) is 5. The van der Waals surface area contributed by atoms with Gasteiger partial charge in [0.15, 0.2) is 0 Å². The van der Waals surface area contributed by atoms with Crippen molar-refractivity contribution < 1.29 is 56.3 Å². The molecule has 0 aromatic carbocycles. The summed E-state index contributed by atoms with van der Waals surface area (Å²) in [5.74, 6) is 0. The summed E-state index contributed by atoms with van der Waals surface area (Å²) >= 11 is 0. The van der Waals surface area contributed by atoms with Crippen LogP contribution in [0.25, 0.3) is 0 Å². The number of ether oxygens (including phenoxy) is 1. The standard InChI is InChI=1S/C5H12BO12P3/c6-5-1-3(7)4(16-5)2-15-20(11,12)18-21(13,14)17-19(8,9)10/h3-5,7H,1-2H2,(H,11,12)(H,13,14)(H2,8,9,10)/t3-,4+,5+/m0/s1. The highest BCUT2D eigenvalue weighted by Crippen LogP contribution is 2.66. The lowest BCUT2D eigenvalue weighted by Crippen LogP contribution is -2.26. The van der Waals surface area contributed by atoms with Crippen molar-refractivity contribution in [2.24, 2.45) is 0 Å². The summed E-state index contributed by atoms with van der Waals surface area (Å²) in [5, 5.41) is 9.41. The molecule has 1 saturated heterocycles. The summed E-state index contributed by atoms with van der Waals surface area (Å²) in [5.41, 5.74) is 0. The van der Waals surface area contributed by atoms with Gasteiger partial charge in [-0.1, -0.05) is 0 Å². The molecule has 0 bridgehead atoms. The molecular formula is C5H12BO12P3. The Kier molecular flexibility index (Phi) is 6.37. The second-order valence-corrected chi connectivity index (χ2v) is 8.32. The molecule has 122 valence electrons. The topological polar surface area (TPSA) is 189 Å². The number of hydrogen-bond acceptors (Lipinski definition) is 8. The second-order valence-electron chi connectivity index (χ2n) is 3.90. The normalized spacial score (nSPS) is 32.5. The minimum absolute atomic E-state index is 0.0461. The molecule has 2 radical (unpaired) electrons. The van der Waals surface area contributed by atoms with Crippen LogP contribution in [0.4, 0.5) is 0 Å². The Hall–Kier alpha value is 0.395. The van der Waals surface area contributed by atoms with Crippen molar-refractivity contribution in [3.63, 3.8) is 0 Å². The van der Waals surface area contributed by atoms with Crippen LogP contribution in [-0.4, -0.2) is 57.3 Å². The molecule has 2 unspecified atom stereocenters. The van der Waals surface area contributed by atoms with E-state index in [1.54, 1.807) is 0 Å². The maximum atomic E-state index is 11.3. The van der Waals surface area contributed by atoms with Crippen LogP contribution in [0.2, 0.25) is 0 Å². The lowest BCUT2D eigenvalue weighted by molar-refractivity contribution is -0.00418. The van der Waals surface area contributed by atoms with E-state index in [0.717, 1.165) is 0 Å². The molecule has 21 heavy (non-hydrogen) atoms. The fourth-order valence-corrected chi connectivity index (χ4v) is 4.41. The van der Waals surface area contributed by atoms with Gasteiger partial charge in [-0.25, -0.2) is 13.7 Å². The zero-order valence-corrected chi connectivity index (χ0v) is 12.8. The molecule has 12 nitrogen and oxygen atoms in total. The van der Waals surface area contributed by atoms with Crippen LogP contribution in [0.3, 0.4) is 0 Å². The molecular weight excluding hydrogens is 356 g/mol. The van der Waals surface area contributed by atoms with E-state index in [-0.39, 0.29) is 6.42 Å². The Balaban J connectivity index is 2.56. The van der Waals surface area contributed by atoms with Crippen LogP contribution >= 0.6 is 23.5 Å². The van der Waals surface area contributed by atoms with Gasteiger partial charge in [0.05, 0.1) is 12.7 Å². The monoisotopic (exact) mass is 368 g/mol. The van der Waals surface area contributed by atoms with E-state index in [9.17, 15) is 18.8 Å². The number of rotatable bonds is 7. The molecule has 5 atom stereocenters. The Bertz CT molecular complexity index is 503. The molecule has 1 aliphatic rings. The molecule has 16 heteroatoms. The quantitative estimate of drug-likeness (QED) is 0.272. The summed E-state index contributed by atoms with van der Waals surface area (Å²) in [4.78, 5) is 34.6. The van der Waals surface area contributed by atoms with Crippen LogP contribution in [0.1, 0.15) is 6.42 Å². The maximum Gasteiger partial charge on any atom is 0.490 e. The van der Waals surface area contributed by atoms with Gasteiger partial charge >= 0.3 is 23.5 Å². The van der Waals surface area contributed by atoms with Gasteiger partial charge in [-0.15, -0.1) is 0 Å². The Labute approximate surface area is 119 Å². The predicted molar refractivity (Wildman–Crippen MR) is 64.9 cm³/mol. The highest BCUT2D eigenvalue weighted by atomic mass is 31.3. The van der Waals surface area contributed by atoms with Gasteiger partial charge in [0, 0.05) is 6.00 Å². The minimum atomic E-state index is -5.55. The Morgan fingerprint density at radius 3 is 2.10 bits per heavy atom. The Morgan fingerprint density at radius 1 is 1.10 bits per heavy atom. The van der Waals surface area contributed by atoms with Gasteiger partial charge in [-0.2, -0.15) is 8.62 Å². The molecule has 1 fully saturated rings. The van der Waals surface area contributed by atoms with Crippen LogP contribution in [0.15, 0.2) is 0 Å². The Morgan fingerprint density at radius 2 is 1.67 bits per heavy atom. The van der Waals surface area contributed by atoms with Crippen molar-refractivity contribution >= 4 is 31.3 Å². The van der Waals surface area contributed by atoms with Crippen molar-refractivity contribution in [3.8, 4) is 0 Å². The molecule has 0 aromatic rings. The second kappa shape index (κ2) is 6.88. The molecule has 0 spiro atoms. The summed E-state index contributed by atoms with van der Waals surface area (Å²) in [6, 6.07) is -0.811. The number of aliphatic hydroxyl groups is 1. The predicted octanol–water partition coefficient (Wildman–Crippen LogP) is -1.03. The molecule has 1 heterocycles. The van der Waals surface area contributed by atoms with Crippen LogP contribution in [0.5, 0.6) is 0 Å². The van der Waals surface area contributed by atoms with Crippen molar-refractivity contribution in [2.75, 3.05) is 6.61 Å². The van der Waals surface area contributed by atoms with Crippen molar-refractivity contribution in [1.82, 2.24) is 0 Å². The fraction of sp³-hybridized carbons (Fsp3) is 1.00. The van der Waals surface area contributed by atoms with Gasteiger partial charge in [0.1, 0.15) is 14.0 Å². The first-order valence-corrected chi connectivity index (χ1v) is 9.69. The first kappa shape index (κ1) is 19.4. The zero-order chi connectivity index (χ0) is 16.5. The highest BCUT2D eigenvalue weighted by molar-refractivity contribution is 7.66. The van der Waals surface area contributed by atoms with Gasteiger partial charge in [-0.3, -0.25) is 4.52 Å². The molecule has 0 aliphatic carbocycles. The van der Waals surface area contributed by atoms with E-state index < -0.39 is 48.3 Å². The SMILES string of the molecule is [B][C@H]1C[C@H](O)[C@@H](COP(=O)(O)OP(=O)(O)OP(=O)(O)O)O1. The lowest BCUT2D eigenvalue weighted by Gasteiger charge is -2.19. The van der Waals surface area contributed by atoms with Crippen molar-refractivity contribution in [3.05, 3.63) is 0 Å². The molecule has 1 rings (SSSR count). The van der Waals surface area contributed by atoms with Gasteiger partial charge < -0.3 is 29.4 Å². The molecule has 1 aliphatic heterocycles. The third kappa shape index (κ3) is 7.47. The van der Waals surface area contributed by atoms with Crippen LogP contribution in [-0.2, 0) is 31.6 Å². The first-order chi connectivity index (χ1) is 9.30. The molecule has 0 amide bonds. The van der Waals surface area contributed by atoms with Crippen LogP contribution < -0.4 is 0 Å². The van der Waals surface area contributed by atoms with E-state index in [1.807, 2.05) is 0 Å². The van der Waals surface area contributed by atoms with E-state index >= 15 is 0 Å². The fourth-order valence-electron chi connectivity index (χ4n) is 1.38. The molecule has 0 saturated carbocycles. The van der Waals surface area contributed by atoms with E-state index in [1.165, 1.54) is 0 Å². The summed E-state index contributed by atoms with van der Waals surface area (Å²) in [6.45, 7) is -0.724. The minimum Gasteiger partial charge on any atom is -0.390 e. The van der Waals surface area contributed by atoms with Crippen LogP contribution in [0, 0.1) is 0 Å². The van der Waals surface area contributed by atoms with E-state index in [2.05, 4.69) is 13.1 Å². The van der Waals surface area contributed by atoms with Gasteiger partial charge in [-0.05, 0) is 6.42 Å². The third-order valence-electron chi connectivity index (χ3n) is 2.07. The number of phosphoric ester groups is 1. The lowest BCUT2D eigenvalue weighted by atomic mass is 9.96. The number of aliphatic hydroxyl groups excluding tert-OH is 1. The summed E-state index contributed by atoms with van der Waals surface area (Å²) < 4.78 is 48.9.